The Hall–Kier alpha value is -1.21. The summed E-state index contributed by atoms with van der Waals surface area (Å²) in [5.74, 6) is 1.25. The van der Waals surface area contributed by atoms with Gasteiger partial charge < -0.3 is 0 Å². The lowest BCUT2D eigenvalue weighted by molar-refractivity contribution is 0.603. The van der Waals surface area contributed by atoms with E-state index >= 15 is 0 Å². The van der Waals surface area contributed by atoms with E-state index in [0.717, 1.165) is 0 Å². The SMILES string of the molecule is CCCCCCCCCSc1ccc(-c2ccccc2)cc1. The predicted molar refractivity (Wildman–Crippen MR) is 101 cm³/mol. The van der Waals surface area contributed by atoms with Gasteiger partial charge in [-0.05, 0) is 35.4 Å². The first-order chi connectivity index (χ1) is 10.9. The van der Waals surface area contributed by atoms with Crippen LogP contribution in [0.1, 0.15) is 51.9 Å². The van der Waals surface area contributed by atoms with Crippen molar-refractivity contribution in [2.45, 2.75) is 56.8 Å². The number of thioether (sulfide) groups is 1. The average molecular weight is 313 g/mol. The van der Waals surface area contributed by atoms with Crippen LogP contribution in [0, 0.1) is 0 Å². The molecule has 0 spiro atoms. The molecule has 0 fully saturated rings. The first-order valence-corrected chi connectivity index (χ1v) is 9.67. The number of benzene rings is 2. The molecule has 0 saturated carbocycles. The van der Waals surface area contributed by atoms with Gasteiger partial charge in [-0.2, -0.15) is 0 Å². The maximum absolute atomic E-state index is 2.28. The molecule has 0 N–H and O–H groups in total. The molecule has 0 heterocycles. The summed E-state index contributed by atoms with van der Waals surface area (Å²) in [6, 6.07) is 19.6. The minimum Gasteiger partial charge on any atom is -0.126 e. The van der Waals surface area contributed by atoms with E-state index in [2.05, 4.69) is 61.5 Å². The standard InChI is InChI=1S/C21H28S/c1-2-3-4-5-6-7-11-18-22-21-16-14-20(15-17-21)19-12-9-8-10-13-19/h8-10,12-17H,2-7,11,18H2,1H3. The third-order valence-corrected chi connectivity index (χ3v) is 5.08. The van der Waals surface area contributed by atoms with Crippen LogP contribution in [0.5, 0.6) is 0 Å². The minimum atomic E-state index is 1.25. The molecular formula is C21H28S. The van der Waals surface area contributed by atoms with Crippen LogP contribution < -0.4 is 0 Å². The zero-order valence-corrected chi connectivity index (χ0v) is 14.6. The zero-order chi connectivity index (χ0) is 15.5. The average Bonchev–Trinajstić information content (AvgIpc) is 2.59. The van der Waals surface area contributed by atoms with Crippen molar-refractivity contribution in [3.8, 4) is 11.1 Å². The number of hydrogen-bond donors (Lipinski definition) is 0. The van der Waals surface area contributed by atoms with E-state index < -0.39 is 0 Å². The first kappa shape index (κ1) is 17.1. The summed E-state index contributed by atoms with van der Waals surface area (Å²) < 4.78 is 0. The zero-order valence-electron chi connectivity index (χ0n) is 13.8. The molecule has 0 bridgehead atoms. The third kappa shape index (κ3) is 6.27. The molecule has 0 atom stereocenters. The molecule has 0 amide bonds. The highest BCUT2D eigenvalue weighted by molar-refractivity contribution is 7.99. The van der Waals surface area contributed by atoms with Gasteiger partial charge in [0.25, 0.3) is 0 Å². The van der Waals surface area contributed by atoms with E-state index in [-0.39, 0.29) is 0 Å². The second-order valence-electron chi connectivity index (χ2n) is 5.86. The van der Waals surface area contributed by atoms with Crippen LogP contribution in [0.25, 0.3) is 11.1 Å². The van der Waals surface area contributed by atoms with Crippen molar-refractivity contribution in [2.75, 3.05) is 5.75 Å². The molecule has 0 radical (unpaired) electrons. The quantitative estimate of drug-likeness (QED) is 0.330. The van der Waals surface area contributed by atoms with E-state index in [4.69, 9.17) is 0 Å². The van der Waals surface area contributed by atoms with Gasteiger partial charge in [0.1, 0.15) is 0 Å². The molecule has 2 aromatic rings. The van der Waals surface area contributed by atoms with Gasteiger partial charge in [0.2, 0.25) is 0 Å². The van der Waals surface area contributed by atoms with Gasteiger partial charge in [-0.1, -0.05) is 87.9 Å². The summed E-state index contributed by atoms with van der Waals surface area (Å²) in [4.78, 5) is 1.39. The summed E-state index contributed by atoms with van der Waals surface area (Å²) in [7, 11) is 0. The van der Waals surface area contributed by atoms with Gasteiger partial charge >= 0.3 is 0 Å². The molecule has 0 aliphatic heterocycles. The lowest BCUT2D eigenvalue weighted by Gasteiger charge is -2.05. The van der Waals surface area contributed by atoms with Gasteiger partial charge in [0.15, 0.2) is 0 Å². The van der Waals surface area contributed by atoms with E-state index in [0.29, 0.717) is 0 Å². The van der Waals surface area contributed by atoms with Crippen molar-refractivity contribution >= 4 is 11.8 Å². The van der Waals surface area contributed by atoms with Gasteiger partial charge in [0.05, 0.1) is 0 Å². The predicted octanol–water partition coefficient (Wildman–Crippen LogP) is 7.20. The van der Waals surface area contributed by atoms with E-state index in [1.54, 1.807) is 0 Å². The second-order valence-corrected chi connectivity index (χ2v) is 7.03. The van der Waals surface area contributed by atoms with Crippen LogP contribution >= 0.6 is 11.8 Å². The largest absolute Gasteiger partial charge is 0.126 e. The van der Waals surface area contributed by atoms with E-state index in [1.807, 2.05) is 11.8 Å². The molecule has 0 aliphatic carbocycles. The molecule has 0 unspecified atom stereocenters. The smallest absolute Gasteiger partial charge is 0.00723 e. The minimum absolute atomic E-state index is 1.25. The second kappa shape index (κ2) is 10.5. The van der Waals surface area contributed by atoms with Crippen molar-refractivity contribution in [1.82, 2.24) is 0 Å². The lowest BCUT2D eigenvalue weighted by Crippen LogP contribution is -1.83. The summed E-state index contributed by atoms with van der Waals surface area (Å²) >= 11 is 1.99. The Morgan fingerprint density at radius 2 is 1.23 bits per heavy atom. The fourth-order valence-electron chi connectivity index (χ4n) is 2.62. The Labute approximate surface area is 140 Å². The van der Waals surface area contributed by atoms with Gasteiger partial charge in [-0.15, -0.1) is 11.8 Å². The molecule has 1 heteroatoms. The molecule has 118 valence electrons. The summed E-state index contributed by atoms with van der Waals surface area (Å²) in [6.45, 7) is 2.28. The van der Waals surface area contributed by atoms with E-state index in [1.165, 1.54) is 66.7 Å². The monoisotopic (exact) mass is 312 g/mol. The molecular weight excluding hydrogens is 284 g/mol. The highest BCUT2D eigenvalue weighted by atomic mass is 32.2. The maximum Gasteiger partial charge on any atom is 0.00723 e. The Kier molecular flexibility index (Phi) is 8.19. The first-order valence-electron chi connectivity index (χ1n) is 8.68. The highest BCUT2D eigenvalue weighted by Gasteiger charge is 1.98. The highest BCUT2D eigenvalue weighted by Crippen LogP contribution is 2.25. The van der Waals surface area contributed by atoms with Gasteiger partial charge in [-0.25, -0.2) is 0 Å². The Bertz CT molecular complexity index is 501. The summed E-state index contributed by atoms with van der Waals surface area (Å²) in [5, 5.41) is 0. The normalized spacial score (nSPS) is 10.8. The molecule has 2 rings (SSSR count). The summed E-state index contributed by atoms with van der Waals surface area (Å²) in [6.07, 6.45) is 9.73. The number of rotatable bonds is 10. The molecule has 2 aromatic carbocycles. The van der Waals surface area contributed by atoms with Crippen LogP contribution in [0.3, 0.4) is 0 Å². The van der Waals surface area contributed by atoms with Crippen LogP contribution in [-0.4, -0.2) is 5.75 Å². The van der Waals surface area contributed by atoms with Crippen LogP contribution in [0.15, 0.2) is 59.5 Å². The van der Waals surface area contributed by atoms with E-state index in [9.17, 15) is 0 Å². The van der Waals surface area contributed by atoms with Crippen molar-refractivity contribution in [3.05, 3.63) is 54.6 Å². The van der Waals surface area contributed by atoms with Crippen LogP contribution in [0.4, 0.5) is 0 Å². The van der Waals surface area contributed by atoms with Gasteiger partial charge in [0, 0.05) is 4.90 Å². The van der Waals surface area contributed by atoms with Crippen molar-refractivity contribution in [2.24, 2.45) is 0 Å². The summed E-state index contributed by atoms with van der Waals surface area (Å²) in [5.41, 5.74) is 2.60. The molecule has 0 aromatic heterocycles. The van der Waals surface area contributed by atoms with Crippen molar-refractivity contribution < 1.29 is 0 Å². The van der Waals surface area contributed by atoms with Gasteiger partial charge in [-0.3, -0.25) is 0 Å². The van der Waals surface area contributed by atoms with Crippen LogP contribution in [-0.2, 0) is 0 Å². The third-order valence-electron chi connectivity index (χ3n) is 3.98. The number of hydrogen-bond acceptors (Lipinski definition) is 1. The van der Waals surface area contributed by atoms with Crippen molar-refractivity contribution in [1.29, 1.82) is 0 Å². The molecule has 0 nitrogen and oxygen atoms in total. The maximum atomic E-state index is 2.28. The topological polar surface area (TPSA) is 0 Å². The Balaban J connectivity index is 1.65. The fraction of sp³-hybridized carbons (Fsp3) is 0.429. The lowest BCUT2D eigenvalue weighted by atomic mass is 10.1. The van der Waals surface area contributed by atoms with Crippen LogP contribution in [0.2, 0.25) is 0 Å². The number of unbranched alkanes of at least 4 members (excludes halogenated alkanes) is 6. The molecule has 0 saturated heterocycles. The van der Waals surface area contributed by atoms with Crippen molar-refractivity contribution in [3.63, 3.8) is 0 Å². The Morgan fingerprint density at radius 1 is 0.636 bits per heavy atom. The Morgan fingerprint density at radius 3 is 1.91 bits per heavy atom. The fourth-order valence-corrected chi connectivity index (χ4v) is 3.54. The molecule has 0 aliphatic rings. The molecule has 22 heavy (non-hydrogen) atoms.